The molecule has 1 heterocycles. The molecule has 0 fully saturated rings. The monoisotopic (exact) mass is 704 g/mol. The number of amides is 2. The number of nitrogens with one attached hydrogen (secondary N) is 2. The molecule has 3 unspecified atom stereocenters. The zero-order valence-electron chi connectivity index (χ0n) is 28.2. The summed E-state index contributed by atoms with van der Waals surface area (Å²) in [5, 5.41) is 16.3. The van der Waals surface area contributed by atoms with Crippen LogP contribution in [0, 0.1) is 17.3 Å². The Bertz CT molecular complexity index is 1450. The maximum atomic E-state index is 13.6. The Hall–Kier alpha value is -3.60. The molecule has 10 nitrogen and oxygen atoms in total. The average Bonchev–Trinajstić information content (AvgIpc) is 3.04. The van der Waals surface area contributed by atoms with Crippen molar-refractivity contribution in [1.82, 2.24) is 10.6 Å². The predicted octanol–water partition coefficient (Wildman–Crippen LogP) is 5.33. The lowest BCUT2D eigenvalue weighted by atomic mass is 9.90. The Morgan fingerprint density at radius 2 is 1.73 bits per heavy atom. The molecule has 0 aliphatic carbocycles. The van der Waals surface area contributed by atoms with E-state index >= 15 is 0 Å². The first kappa shape index (κ1) is 38.8. The summed E-state index contributed by atoms with van der Waals surface area (Å²) in [6.45, 7) is 8.49. The molecule has 12 heteroatoms. The van der Waals surface area contributed by atoms with E-state index in [1.54, 1.807) is 63.2 Å². The molecule has 0 saturated heterocycles. The van der Waals surface area contributed by atoms with E-state index in [9.17, 15) is 24.3 Å². The van der Waals surface area contributed by atoms with Crippen LogP contribution >= 0.6 is 23.2 Å². The number of ether oxygens (including phenoxy) is 3. The smallest absolute Gasteiger partial charge is 0.347 e. The first-order chi connectivity index (χ1) is 22.6. The second kappa shape index (κ2) is 17.7. The van der Waals surface area contributed by atoms with Crippen LogP contribution < -0.4 is 15.4 Å². The van der Waals surface area contributed by atoms with Gasteiger partial charge in [-0.05, 0) is 55.5 Å². The van der Waals surface area contributed by atoms with E-state index in [2.05, 4.69) is 10.6 Å². The van der Waals surface area contributed by atoms with Crippen molar-refractivity contribution < 1.29 is 38.5 Å². The fraction of sp³-hybridized carbons (Fsp3) is 0.500. The summed E-state index contributed by atoms with van der Waals surface area (Å²) < 4.78 is 16.9. The number of alkyl halides is 1. The van der Waals surface area contributed by atoms with Crippen LogP contribution in [-0.2, 0) is 35.1 Å². The third-order valence-corrected chi connectivity index (χ3v) is 9.00. The number of rotatable bonds is 9. The number of methoxy groups -OCH3 is 1. The molecule has 2 amide bonds. The van der Waals surface area contributed by atoms with Crippen LogP contribution in [0.2, 0.25) is 5.02 Å². The zero-order valence-corrected chi connectivity index (χ0v) is 29.7. The van der Waals surface area contributed by atoms with Crippen molar-refractivity contribution in [1.29, 1.82) is 0 Å². The molecule has 0 bridgehead atoms. The Morgan fingerprint density at radius 1 is 1.04 bits per heavy atom. The van der Waals surface area contributed by atoms with Gasteiger partial charge in [0.2, 0.25) is 11.8 Å². The highest BCUT2D eigenvalue weighted by atomic mass is 35.5. The molecule has 6 atom stereocenters. The fourth-order valence-corrected chi connectivity index (χ4v) is 5.79. The summed E-state index contributed by atoms with van der Waals surface area (Å²) in [4.78, 5) is 53.6. The first-order valence-electron chi connectivity index (χ1n) is 16.0. The lowest BCUT2D eigenvalue weighted by molar-refractivity contribution is -0.180. The van der Waals surface area contributed by atoms with Gasteiger partial charge in [-0.1, -0.05) is 74.8 Å². The van der Waals surface area contributed by atoms with Crippen LogP contribution in [0.5, 0.6) is 5.75 Å². The first-order valence-corrected chi connectivity index (χ1v) is 16.8. The highest BCUT2D eigenvalue weighted by molar-refractivity contribution is 6.32. The topological polar surface area (TPSA) is 140 Å². The van der Waals surface area contributed by atoms with Crippen LogP contribution in [0.25, 0.3) is 0 Å². The maximum absolute atomic E-state index is 13.6. The van der Waals surface area contributed by atoms with E-state index in [1.165, 1.54) is 19.3 Å². The largest absolute Gasteiger partial charge is 0.495 e. The van der Waals surface area contributed by atoms with Crippen molar-refractivity contribution in [2.24, 2.45) is 17.3 Å². The zero-order chi connectivity index (χ0) is 35.6. The van der Waals surface area contributed by atoms with Gasteiger partial charge in [0.1, 0.15) is 17.9 Å². The Kier molecular flexibility index (Phi) is 14.3. The molecule has 3 rings (SSSR count). The molecular formula is C36H46Cl2N2O8. The SMILES string of the molecule is COc1ccc(CC2NC(=O)/C=C/C[C@@H]([C@H](C)C(O)C(Cl)c3ccccc3)OC(=O)[C@H](CC(C)C)OC(=O)C(C)(C)CNC2=O)cc1Cl. The van der Waals surface area contributed by atoms with Gasteiger partial charge < -0.3 is 30.0 Å². The minimum atomic E-state index is -1.25. The number of aliphatic hydroxyl groups excluding tert-OH is 1. The van der Waals surface area contributed by atoms with Crippen molar-refractivity contribution in [2.75, 3.05) is 13.7 Å². The van der Waals surface area contributed by atoms with Gasteiger partial charge in [-0.15, -0.1) is 11.6 Å². The van der Waals surface area contributed by atoms with E-state index < -0.39 is 64.8 Å². The summed E-state index contributed by atoms with van der Waals surface area (Å²) in [5.74, 6) is -2.87. The number of aliphatic hydroxyl groups is 1. The second-order valence-corrected chi connectivity index (χ2v) is 14.0. The number of esters is 2. The molecular weight excluding hydrogens is 659 g/mol. The van der Waals surface area contributed by atoms with Gasteiger partial charge in [0, 0.05) is 25.3 Å². The summed E-state index contributed by atoms with van der Waals surface area (Å²) in [5.41, 5.74) is 0.104. The van der Waals surface area contributed by atoms with Gasteiger partial charge in [-0.25, -0.2) is 4.79 Å². The molecule has 48 heavy (non-hydrogen) atoms. The van der Waals surface area contributed by atoms with E-state index in [4.69, 9.17) is 37.4 Å². The number of carbonyl (C=O) groups excluding carboxylic acids is 4. The third-order valence-electron chi connectivity index (χ3n) is 8.19. The normalized spacial score (nSPS) is 23.6. The molecule has 0 spiro atoms. The Labute approximate surface area is 292 Å². The van der Waals surface area contributed by atoms with E-state index in [0.29, 0.717) is 21.9 Å². The molecule has 262 valence electrons. The quantitative estimate of drug-likeness (QED) is 0.235. The average molecular weight is 706 g/mol. The van der Waals surface area contributed by atoms with Gasteiger partial charge in [0.25, 0.3) is 0 Å². The summed E-state index contributed by atoms with van der Waals surface area (Å²) >= 11 is 13.0. The van der Waals surface area contributed by atoms with Crippen molar-refractivity contribution >= 4 is 47.0 Å². The molecule has 0 aromatic heterocycles. The van der Waals surface area contributed by atoms with E-state index in [0.717, 1.165) is 0 Å². The highest BCUT2D eigenvalue weighted by Crippen LogP contribution is 2.32. The van der Waals surface area contributed by atoms with E-state index in [-0.39, 0.29) is 31.7 Å². The number of benzene rings is 2. The molecule has 2 aromatic rings. The van der Waals surface area contributed by atoms with Crippen molar-refractivity contribution in [2.45, 2.75) is 83.6 Å². The number of cyclic esters (lactones) is 2. The molecule has 3 N–H and O–H groups in total. The van der Waals surface area contributed by atoms with Gasteiger partial charge in [0.05, 0.1) is 29.0 Å². The standard InChI is InChI=1S/C36H46Cl2N2O8/c1-21(2)17-29-34(44)47-27(22(3)32(42)31(38)24-11-8-7-9-12-24)13-10-14-30(41)40-26(19-23-15-16-28(46-6)25(37)18-23)33(43)39-20-36(4,5)35(45)48-29/h7-12,14-16,18,21-22,26-27,29,31-32,42H,13,17,19-20H2,1-6H3,(H,39,43)(H,40,41)/b14-10+/t22-,26?,27-,29-,31?,32?/m0/s1. The third kappa shape index (κ3) is 11.0. The number of hydrogen-bond donors (Lipinski definition) is 3. The minimum Gasteiger partial charge on any atom is -0.495 e. The minimum absolute atomic E-state index is 0.0224. The lowest BCUT2D eigenvalue weighted by Crippen LogP contribution is -2.51. The molecule has 0 radical (unpaired) electrons. The predicted molar refractivity (Wildman–Crippen MR) is 184 cm³/mol. The van der Waals surface area contributed by atoms with Crippen molar-refractivity contribution in [3.8, 4) is 5.75 Å². The van der Waals surface area contributed by atoms with Crippen LogP contribution in [0.15, 0.2) is 60.7 Å². The lowest BCUT2D eigenvalue weighted by Gasteiger charge is -2.32. The van der Waals surface area contributed by atoms with E-state index in [1.807, 2.05) is 19.9 Å². The molecule has 0 saturated carbocycles. The summed E-state index contributed by atoms with van der Waals surface area (Å²) in [7, 11) is 1.49. The van der Waals surface area contributed by atoms with Gasteiger partial charge >= 0.3 is 11.9 Å². The van der Waals surface area contributed by atoms with Gasteiger partial charge in [-0.2, -0.15) is 0 Å². The Balaban J connectivity index is 1.96. The molecule has 2 aromatic carbocycles. The highest BCUT2D eigenvalue weighted by Gasteiger charge is 2.38. The maximum Gasteiger partial charge on any atom is 0.347 e. The summed E-state index contributed by atoms with van der Waals surface area (Å²) in [6, 6.07) is 13.0. The van der Waals surface area contributed by atoms with Gasteiger partial charge in [0.15, 0.2) is 6.10 Å². The van der Waals surface area contributed by atoms with Crippen LogP contribution in [0.4, 0.5) is 0 Å². The number of carbonyl (C=O) groups is 4. The summed E-state index contributed by atoms with van der Waals surface area (Å²) in [6.07, 6.45) is -0.287. The fourth-order valence-electron chi connectivity index (χ4n) is 5.14. The van der Waals surface area contributed by atoms with Crippen molar-refractivity contribution in [3.05, 3.63) is 76.8 Å². The second-order valence-electron chi connectivity index (χ2n) is 13.1. The van der Waals surface area contributed by atoms with Crippen LogP contribution in [0.1, 0.15) is 64.0 Å². The Morgan fingerprint density at radius 3 is 2.35 bits per heavy atom. The molecule has 1 aliphatic heterocycles. The number of hydrogen-bond acceptors (Lipinski definition) is 8. The van der Waals surface area contributed by atoms with Crippen molar-refractivity contribution in [3.63, 3.8) is 0 Å². The molecule has 1 aliphatic rings. The van der Waals surface area contributed by atoms with Crippen LogP contribution in [0.3, 0.4) is 0 Å². The number of halogens is 2. The van der Waals surface area contributed by atoms with Gasteiger partial charge in [-0.3, -0.25) is 14.4 Å². The van der Waals surface area contributed by atoms with Crippen LogP contribution in [-0.4, -0.2) is 66.9 Å².